The zero-order valence-electron chi connectivity index (χ0n) is 16.4. The van der Waals surface area contributed by atoms with Gasteiger partial charge in [-0.25, -0.2) is 0 Å². The maximum Gasteiger partial charge on any atom is 0.267 e. The minimum Gasteiger partial charge on any atom is -0.485 e. The third-order valence-corrected chi connectivity index (χ3v) is 5.99. The summed E-state index contributed by atoms with van der Waals surface area (Å²) in [5.74, 6) is 1.08. The predicted octanol–water partition coefficient (Wildman–Crippen LogP) is 1.93. The van der Waals surface area contributed by atoms with Crippen LogP contribution in [0.5, 0.6) is 11.5 Å². The molecule has 0 saturated carbocycles. The molecular formula is C21H22N4O4S. The summed E-state index contributed by atoms with van der Waals surface area (Å²) in [5, 5.41) is 14.2. The second kappa shape index (κ2) is 9.15. The van der Waals surface area contributed by atoms with Gasteiger partial charge in [-0.15, -0.1) is 11.3 Å². The first-order valence-electron chi connectivity index (χ1n) is 9.81. The van der Waals surface area contributed by atoms with Crippen LogP contribution in [0.2, 0.25) is 0 Å². The number of hydrogen-bond acceptors (Lipinski definition) is 7. The van der Waals surface area contributed by atoms with Gasteiger partial charge in [0.15, 0.2) is 11.5 Å². The average molecular weight is 426 g/mol. The predicted molar refractivity (Wildman–Crippen MR) is 112 cm³/mol. The lowest BCUT2D eigenvalue weighted by molar-refractivity contribution is -0.143. The lowest BCUT2D eigenvalue weighted by Crippen LogP contribution is -2.54. The number of carbonyl (C=O) groups is 2. The van der Waals surface area contributed by atoms with E-state index in [4.69, 9.17) is 14.7 Å². The number of nitrogens with zero attached hydrogens (tertiary/aromatic N) is 3. The number of ether oxygens (including phenoxy) is 2. The summed E-state index contributed by atoms with van der Waals surface area (Å²) in [7, 11) is 0. The topological polar surface area (TPSA) is 94.9 Å². The van der Waals surface area contributed by atoms with Crippen LogP contribution in [0.3, 0.4) is 0 Å². The quantitative estimate of drug-likeness (QED) is 0.785. The van der Waals surface area contributed by atoms with E-state index < -0.39 is 6.10 Å². The summed E-state index contributed by atoms with van der Waals surface area (Å²) in [4.78, 5) is 28.9. The van der Waals surface area contributed by atoms with Crippen molar-refractivity contribution in [2.24, 2.45) is 0 Å². The van der Waals surface area contributed by atoms with Crippen molar-refractivity contribution in [3.05, 3.63) is 41.3 Å². The molecule has 0 aliphatic carbocycles. The number of thiophene rings is 1. The molecule has 1 fully saturated rings. The fourth-order valence-corrected chi connectivity index (χ4v) is 4.23. The van der Waals surface area contributed by atoms with Crippen LogP contribution in [0.25, 0.3) is 0 Å². The fourth-order valence-electron chi connectivity index (χ4n) is 3.48. The van der Waals surface area contributed by atoms with E-state index in [2.05, 4.69) is 16.3 Å². The molecule has 8 nitrogen and oxygen atoms in total. The molecule has 0 unspecified atom stereocenters. The summed E-state index contributed by atoms with van der Waals surface area (Å²) < 4.78 is 11.5. The highest BCUT2D eigenvalue weighted by atomic mass is 32.1. The number of hydrogen-bond donors (Lipinski definition) is 1. The molecule has 3 heterocycles. The zero-order valence-corrected chi connectivity index (χ0v) is 17.2. The molecule has 156 valence electrons. The van der Waals surface area contributed by atoms with E-state index >= 15 is 0 Å². The van der Waals surface area contributed by atoms with E-state index in [1.54, 1.807) is 22.4 Å². The molecule has 1 N–H and O–H groups in total. The number of nitrogens with one attached hydrogen (secondary N) is 1. The maximum absolute atomic E-state index is 12.8. The number of piperazine rings is 1. The summed E-state index contributed by atoms with van der Waals surface area (Å²) >= 11 is 1.34. The van der Waals surface area contributed by atoms with Crippen LogP contribution in [0.4, 0.5) is 5.00 Å². The Labute approximate surface area is 178 Å². The van der Waals surface area contributed by atoms with Gasteiger partial charge in [-0.1, -0.05) is 12.1 Å². The Morgan fingerprint density at radius 2 is 1.93 bits per heavy atom. The van der Waals surface area contributed by atoms with Crippen molar-refractivity contribution < 1.29 is 19.1 Å². The molecule has 2 amide bonds. The molecular weight excluding hydrogens is 404 g/mol. The number of amides is 2. The van der Waals surface area contributed by atoms with E-state index in [0.717, 1.165) is 0 Å². The molecule has 30 heavy (non-hydrogen) atoms. The second-order valence-corrected chi connectivity index (χ2v) is 8.02. The normalized spacial score (nSPS) is 18.5. The van der Waals surface area contributed by atoms with Crippen LogP contribution >= 0.6 is 11.3 Å². The molecule has 0 spiro atoms. The molecule has 0 radical (unpaired) electrons. The SMILES string of the molecule is N#Cc1ccsc1NC(=O)CCN1CCN(C(=O)[C@@H]2COc3ccccc3O2)CC1. The largest absolute Gasteiger partial charge is 0.485 e. The number of fused-ring (bicyclic) bond motifs is 1. The third kappa shape index (κ3) is 4.56. The van der Waals surface area contributed by atoms with E-state index in [-0.39, 0.29) is 18.4 Å². The molecule has 9 heteroatoms. The van der Waals surface area contributed by atoms with E-state index in [1.807, 2.05) is 18.2 Å². The number of carbonyl (C=O) groups excluding carboxylic acids is 2. The van der Waals surface area contributed by atoms with Crippen molar-refractivity contribution in [1.29, 1.82) is 5.26 Å². The third-order valence-electron chi connectivity index (χ3n) is 5.16. The van der Waals surface area contributed by atoms with Gasteiger partial charge in [0, 0.05) is 39.1 Å². The number of para-hydroxylation sites is 2. The summed E-state index contributed by atoms with van der Waals surface area (Å²) in [6, 6.07) is 11.1. The molecule has 1 aromatic carbocycles. The van der Waals surface area contributed by atoms with Crippen LogP contribution < -0.4 is 14.8 Å². The lowest BCUT2D eigenvalue weighted by atomic mass is 10.2. The van der Waals surface area contributed by atoms with Crippen molar-refractivity contribution in [3.8, 4) is 17.6 Å². The van der Waals surface area contributed by atoms with Gasteiger partial charge in [-0.2, -0.15) is 5.26 Å². The highest BCUT2D eigenvalue weighted by Crippen LogP contribution is 2.31. The van der Waals surface area contributed by atoms with Crippen molar-refractivity contribution in [1.82, 2.24) is 9.80 Å². The Balaban J connectivity index is 1.21. The van der Waals surface area contributed by atoms with Crippen molar-refractivity contribution in [2.45, 2.75) is 12.5 Å². The highest BCUT2D eigenvalue weighted by molar-refractivity contribution is 7.14. The smallest absolute Gasteiger partial charge is 0.267 e. The molecule has 1 atom stereocenters. The van der Waals surface area contributed by atoms with Gasteiger partial charge in [-0.3, -0.25) is 14.5 Å². The average Bonchev–Trinajstić information content (AvgIpc) is 3.24. The van der Waals surface area contributed by atoms with Gasteiger partial charge in [-0.05, 0) is 23.6 Å². The van der Waals surface area contributed by atoms with E-state index in [0.29, 0.717) is 61.2 Å². The minimum absolute atomic E-state index is 0.0661. The van der Waals surface area contributed by atoms with E-state index in [1.165, 1.54) is 11.3 Å². The first-order valence-corrected chi connectivity index (χ1v) is 10.7. The number of nitriles is 1. The Kier molecular flexibility index (Phi) is 6.16. The fraction of sp³-hybridized carbons (Fsp3) is 0.381. The Morgan fingerprint density at radius 3 is 2.70 bits per heavy atom. The first-order chi connectivity index (χ1) is 14.6. The number of benzene rings is 1. The number of rotatable bonds is 5. The Hall–Kier alpha value is -3.09. The lowest BCUT2D eigenvalue weighted by Gasteiger charge is -2.37. The van der Waals surface area contributed by atoms with Crippen molar-refractivity contribution >= 4 is 28.2 Å². The van der Waals surface area contributed by atoms with Gasteiger partial charge >= 0.3 is 0 Å². The van der Waals surface area contributed by atoms with Gasteiger partial charge < -0.3 is 19.7 Å². The molecule has 2 aliphatic heterocycles. The summed E-state index contributed by atoms with van der Waals surface area (Å²) in [6.45, 7) is 3.40. The highest BCUT2D eigenvalue weighted by Gasteiger charge is 2.32. The molecule has 1 aromatic heterocycles. The standard InChI is InChI=1S/C21H22N4O4S/c22-13-15-6-12-30-20(15)23-19(26)5-7-24-8-10-25(11-9-24)21(27)18-14-28-16-3-1-2-4-17(16)29-18/h1-4,6,12,18H,5,7-11,14H2,(H,23,26)/t18-/m0/s1. The minimum atomic E-state index is -0.627. The Morgan fingerprint density at radius 1 is 1.17 bits per heavy atom. The molecule has 2 aromatic rings. The van der Waals surface area contributed by atoms with Crippen LogP contribution in [0.15, 0.2) is 35.7 Å². The van der Waals surface area contributed by atoms with E-state index in [9.17, 15) is 9.59 Å². The zero-order chi connectivity index (χ0) is 20.9. The molecule has 0 bridgehead atoms. The van der Waals surface area contributed by atoms with Gasteiger partial charge in [0.25, 0.3) is 5.91 Å². The van der Waals surface area contributed by atoms with Crippen LogP contribution in [0, 0.1) is 11.3 Å². The molecule has 4 rings (SSSR count). The Bertz CT molecular complexity index is 962. The molecule has 1 saturated heterocycles. The van der Waals surface area contributed by atoms with Gasteiger partial charge in [0.05, 0.1) is 5.56 Å². The second-order valence-electron chi connectivity index (χ2n) is 7.10. The maximum atomic E-state index is 12.8. The number of anilines is 1. The van der Waals surface area contributed by atoms with Crippen molar-refractivity contribution in [2.75, 3.05) is 44.6 Å². The van der Waals surface area contributed by atoms with Gasteiger partial charge in [0.1, 0.15) is 17.7 Å². The monoisotopic (exact) mass is 426 g/mol. The van der Waals surface area contributed by atoms with Gasteiger partial charge in [0.2, 0.25) is 12.0 Å². The van der Waals surface area contributed by atoms with Crippen LogP contribution in [-0.4, -0.2) is 67.0 Å². The first kappa shape index (κ1) is 20.2. The molecule has 2 aliphatic rings. The van der Waals surface area contributed by atoms with Crippen LogP contribution in [-0.2, 0) is 9.59 Å². The summed E-state index contributed by atoms with van der Waals surface area (Å²) in [5.41, 5.74) is 0.483. The van der Waals surface area contributed by atoms with Crippen molar-refractivity contribution in [3.63, 3.8) is 0 Å². The summed E-state index contributed by atoms with van der Waals surface area (Å²) in [6.07, 6.45) is -0.287. The van der Waals surface area contributed by atoms with Crippen LogP contribution in [0.1, 0.15) is 12.0 Å².